The minimum absolute atomic E-state index is 0.0293. The molecule has 1 aromatic carbocycles. The first kappa shape index (κ1) is 14.5. The molecule has 0 radical (unpaired) electrons. The number of carbonyl (C=O) groups excluding carboxylic acids is 1. The molecule has 1 aliphatic rings. The Morgan fingerprint density at radius 3 is 2.85 bits per heavy atom. The molecule has 0 bridgehead atoms. The van der Waals surface area contributed by atoms with E-state index in [1.807, 2.05) is 0 Å². The predicted octanol–water partition coefficient (Wildman–Crippen LogP) is 2.42. The number of carboxylic acids is 1. The van der Waals surface area contributed by atoms with E-state index in [9.17, 15) is 14.0 Å². The molecule has 108 valence electrons. The molecule has 1 heterocycles. The number of aromatic carboxylic acids is 1. The number of halogens is 1. The van der Waals surface area contributed by atoms with Crippen LogP contribution in [0.2, 0.25) is 0 Å². The lowest BCUT2D eigenvalue weighted by Gasteiger charge is -2.22. The van der Waals surface area contributed by atoms with Crippen LogP contribution >= 0.6 is 0 Å². The van der Waals surface area contributed by atoms with Gasteiger partial charge in [0.2, 0.25) is 5.91 Å². The number of benzene rings is 1. The van der Waals surface area contributed by atoms with Crippen molar-refractivity contribution in [2.75, 3.05) is 11.9 Å². The number of anilines is 1. The second-order valence-electron chi connectivity index (χ2n) is 4.74. The van der Waals surface area contributed by atoms with Gasteiger partial charge in [-0.2, -0.15) is 0 Å². The number of carboxylic acid groups (broad SMARTS) is 1. The van der Waals surface area contributed by atoms with Crippen LogP contribution in [0.25, 0.3) is 0 Å². The van der Waals surface area contributed by atoms with Crippen molar-refractivity contribution in [1.82, 2.24) is 0 Å². The molecular weight excluding hydrogens is 265 g/mol. The lowest BCUT2D eigenvalue weighted by atomic mass is 10.1. The molecule has 1 amide bonds. The van der Waals surface area contributed by atoms with Crippen molar-refractivity contribution < 1.29 is 23.8 Å². The summed E-state index contributed by atoms with van der Waals surface area (Å²) in [6.07, 6.45) is 2.81. The van der Waals surface area contributed by atoms with Crippen LogP contribution in [0, 0.1) is 5.82 Å². The maximum Gasteiger partial charge on any atom is 0.337 e. The van der Waals surface area contributed by atoms with Crippen molar-refractivity contribution >= 4 is 17.6 Å². The quantitative estimate of drug-likeness (QED) is 0.888. The van der Waals surface area contributed by atoms with Gasteiger partial charge in [0.25, 0.3) is 0 Å². The Morgan fingerprint density at radius 2 is 2.20 bits per heavy atom. The molecule has 1 aliphatic heterocycles. The minimum atomic E-state index is -1.21. The third kappa shape index (κ3) is 3.77. The first-order chi connectivity index (χ1) is 9.56. The van der Waals surface area contributed by atoms with Crippen molar-refractivity contribution in [3.05, 3.63) is 29.6 Å². The summed E-state index contributed by atoms with van der Waals surface area (Å²) in [7, 11) is 0. The highest BCUT2D eigenvalue weighted by atomic mass is 19.1. The van der Waals surface area contributed by atoms with E-state index in [1.54, 1.807) is 0 Å². The second-order valence-corrected chi connectivity index (χ2v) is 4.74. The van der Waals surface area contributed by atoms with Gasteiger partial charge < -0.3 is 15.2 Å². The third-order valence-electron chi connectivity index (χ3n) is 3.17. The van der Waals surface area contributed by atoms with Gasteiger partial charge in [0.05, 0.1) is 23.8 Å². The highest BCUT2D eigenvalue weighted by Gasteiger charge is 2.19. The van der Waals surface area contributed by atoms with Crippen molar-refractivity contribution in [1.29, 1.82) is 0 Å². The second kappa shape index (κ2) is 6.47. The number of amides is 1. The monoisotopic (exact) mass is 281 g/mol. The molecule has 20 heavy (non-hydrogen) atoms. The normalized spacial score (nSPS) is 18.6. The fourth-order valence-corrected chi connectivity index (χ4v) is 2.18. The fraction of sp³-hybridized carbons (Fsp3) is 0.429. The van der Waals surface area contributed by atoms with Crippen LogP contribution < -0.4 is 5.32 Å². The SMILES string of the molecule is O=C(CC1CCCCO1)Nc1cc(F)ccc1C(=O)O. The zero-order valence-corrected chi connectivity index (χ0v) is 10.9. The van der Waals surface area contributed by atoms with E-state index in [2.05, 4.69) is 5.32 Å². The maximum atomic E-state index is 13.2. The Bertz CT molecular complexity index is 512. The van der Waals surface area contributed by atoms with E-state index in [4.69, 9.17) is 9.84 Å². The van der Waals surface area contributed by atoms with Gasteiger partial charge in [0.1, 0.15) is 5.82 Å². The molecule has 2 N–H and O–H groups in total. The Hall–Kier alpha value is -1.95. The van der Waals surface area contributed by atoms with Crippen LogP contribution in [0.4, 0.5) is 10.1 Å². The van der Waals surface area contributed by atoms with Crippen molar-refractivity contribution in [3.8, 4) is 0 Å². The average molecular weight is 281 g/mol. The molecule has 1 unspecified atom stereocenters. The van der Waals surface area contributed by atoms with Crippen LogP contribution in [0.3, 0.4) is 0 Å². The summed E-state index contributed by atoms with van der Waals surface area (Å²) in [5.41, 5.74) is -0.164. The van der Waals surface area contributed by atoms with Crippen molar-refractivity contribution in [3.63, 3.8) is 0 Å². The van der Waals surface area contributed by atoms with E-state index < -0.39 is 11.8 Å². The van der Waals surface area contributed by atoms with Gasteiger partial charge in [-0.3, -0.25) is 4.79 Å². The lowest BCUT2D eigenvalue weighted by Crippen LogP contribution is -2.26. The van der Waals surface area contributed by atoms with Crippen LogP contribution in [-0.2, 0) is 9.53 Å². The van der Waals surface area contributed by atoms with Crippen LogP contribution in [-0.4, -0.2) is 29.7 Å². The molecule has 2 rings (SSSR count). The van der Waals surface area contributed by atoms with Gasteiger partial charge in [-0.25, -0.2) is 9.18 Å². The molecule has 0 spiro atoms. The fourth-order valence-electron chi connectivity index (χ4n) is 2.18. The molecule has 1 atom stereocenters. The Balaban J connectivity index is 2.03. The van der Waals surface area contributed by atoms with Gasteiger partial charge in [-0.05, 0) is 37.5 Å². The molecule has 1 fully saturated rings. The zero-order valence-electron chi connectivity index (χ0n) is 10.9. The first-order valence-corrected chi connectivity index (χ1v) is 6.50. The van der Waals surface area contributed by atoms with E-state index >= 15 is 0 Å². The van der Waals surface area contributed by atoms with E-state index in [1.165, 1.54) is 0 Å². The van der Waals surface area contributed by atoms with E-state index in [0.717, 1.165) is 37.5 Å². The van der Waals surface area contributed by atoms with Crippen LogP contribution in [0.5, 0.6) is 0 Å². The highest BCUT2D eigenvalue weighted by molar-refractivity contribution is 6.00. The van der Waals surface area contributed by atoms with E-state index in [-0.39, 0.29) is 29.7 Å². The van der Waals surface area contributed by atoms with Crippen LogP contribution in [0.1, 0.15) is 36.0 Å². The largest absolute Gasteiger partial charge is 0.478 e. The lowest BCUT2D eigenvalue weighted by molar-refractivity contribution is -0.119. The van der Waals surface area contributed by atoms with Gasteiger partial charge in [0, 0.05) is 6.61 Å². The first-order valence-electron chi connectivity index (χ1n) is 6.50. The summed E-state index contributed by atoms with van der Waals surface area (Å²) in [4.78, 5) is 22.9. The number of carbonyl (C=O) groups is 2. The Kier molecular flexibility index (Phi) is 4.68. The Labute approximate surface area is 115 Å². The summed E-state index contributed by atoms with van der Waals surface area (Å²) in [6.45, 7) is 0.637. The molecule has 1 aromatic rings. The van der Waals surface area contributed by atoms with Crippen LogP contribution in [0.15, 0.2) is 18.2 Å². The predicted molar refractivity (Wildman–Crippen MR) is 70.2 cm³/mol. The van der Waals surface area contributed by atoms with Crippen molar-refractivity contribution in [2.24, 2.45) is 0 Å². The third-order valence-corrected chi connectivity index (χ3v) is 3.17. The summed E-state index contributed by atoms with van der Waals surface area (Å²) in [5.74, 6) is -2.18. The number of nitrogens with one attached hydrogen (secondary N) is 1. The van der Waals surface area contributed by atoms with Gasteiger partial charge in [-0.1, -0.05) is 0 Å². The maximum absolute atomic E-state index is 13.2. The molecule has 0 aliphatic carbocycles. The molecule has 0 aromatic heterocycles. The molecule has 0 saturated carbocycles. The van der Waals surface area contributed by atoms with Gasteiger partial charge >= 0.3 is 5.97 Å². The number of hydrogen-bond acceptors (Lipinski definition) is 3. The number of rotatable bonds is 4. The topological polar surface area (TPSA) is 75.6 Å². The van der Waals surface area contributed by atoms with E-state index in [0.29, 0.717) is 6.61 Å². The minimum Gasteiger partial charge on any atom is -0.478 e. The van der Waals surface area contributed by atoms with Gasteiger partial charge in [-0.15, -0.1) is 0 Å². The standard InChI is InChI=1S/C14H16FNO4/c15-9-4-5-11(14(18)19)12(7-9)16-13(17)8-10-3-1-2-6-20-10/h4-5,7,10H,1-3,6,8H2,(H,16,17)(H,18,19). The zero-order chi connectivity index (χ0) is 14.5. The number of hydrogen-bond donors (Lipinski definition) is 2. The molecular formula is C14H16FNO4. The van der Waals surface area contributed by atoms with Crippen molar-refractivity contribution in [2.45, 2.75) is 31.8 Å². The molecule has 1 saturated heterocycles. The van der Waals surface area contributed by atoms with Gasteiger partial charge in [0.15, 0.2) is 0 Å². The molecule has 5 nitrogen and oxygen atoms in total. The smallest absolute Gasteiger partial charge is 0.337 e. The summed E-state index contributed by atoms with van der Waals surface area (Å²) in [6, 6.07) is 3.18. The average Bonchev–Trinajstić information content (AvgIpc) is 2.39. The summed E-state index contributed by atoms with van der Waals surface area (Å²) < 4.78 is 18.6. The Morgan fingerprint density at radius 1 is 1.40 bits per heavy atom. The number of ether oxygens (including phenoxy) is 1. The molecule has 6 heteroatoms. The summed E-state index contributed by atoms with van der Waals surface area (Å²) in [5, 5.41) is 11.4. The highest BCUT2D eigenvalue weighted by Crippen LogP contribution is 2.20. The summed E-state index contributed by atoms with van der Waals surface area (Å²) >= 11 is 0.